The van der Waals surface area contributed by atoms with Gasteiger partial charge in [0.25, 0.3) is 0 Å². The van der Waals surface area contributed by atoms with Crippen LogP contribution in [-0.2, 0) is 19.5 Å². The molecule has 0 spiro atoms. The molecule has 0 aromatic heterocycles. The summed E-state index contributed by atoms with van der Waals surface area (Å²) in [6.07, 6.45) is -2.34. The van der Waals surface area contributed by atoms with Crippen molar-refractivity contribution in [3.8, 4) is 0 Å². The zero-order chi connectivity index (χ0) is 7.83. The summed E-state index contributed by atoms with van der Waals surface area (Å²) in [6, 6.07) is 0. The molecule has 0 heterocycles. The fourth-order valence-corrected chi connectivity index (χ4v) is 1.34. The van der Waals surface area contributed by atoms with Gasteiger partial charge in [0.1, 0.15) is 0 Å². The summed E-state index contributed by atoms with van der Waals surface area (Å²) >= 11 is 0. The first kappa shape index (κ1) is 15.6. The minimum Gasteiger partial charge on any atom is -0.329 e. The average molecular weight is 344 g/mol. The molecule has 1 rings (SSSR count). The van der Waals surface area contributed by atoms with Crippen LogP contribution in [0.25, 0.3) is 0 Å². The van der Waals surface area contributed by atoms with E-state index < -0.39 is 11.6 Å². The van der Waals surface area contributed by atoms with Crippen LogP contribution in [0.3, 0.4) is 0 Å². The normalized spacial score (nSPS) is 21.0. The van der Waals surface area contributed by atoms with Gasteiger partial charge in [-0.05, 0) is 0 Å². The van der Waals surface area contributed by atoms with Crippen LogP contribution in [0.1, 0.15) is 25.7 Å². The number of alkyl halides is 3. The third-order valence-electron chi connectivity index (χ3n) is 2.16. The van der Waals surface area contributed by atoms with E-state index in [4.69, 9.17) is 0 Å². The van der Waals surface area contributed by atoms with Crippen LogP contribution < -0.4 is 0 Å². The molecule has 1 fully saturated rings. The van der Waals surface area contributed by atoms with Gasteiger partial charge in [-0.25, -0.2) is 0 Å². The topological polar surface area (TPSA) is 0 Å². The standard InChI is InChI=1S/C7H10F3.HI.Zn/c1-6(7(8,9)10)4-2-3-5-6;;/h1-5H2;1H;/q-1;;. The molecule has 70 valence electrons. The Labute approximate surface area is 100 Å². The van der Waals surface area contributed by atoms with Crippen molar-refractivity contribution < 1.29 is 32.6 Å². The maximum atomic E-state index is 12.1. The molecule has 0 nitrogen and oxygen atoms in total. The summed E-state index contributed by atoms with van der Waals surface area (Å²) in [4.78, 5) is 0. The Balaban J connectivity index is 0. The molecule has 0 bridgehead atoms. The average Bonchev–Trinajstić information content (AvgIpc) is 2.13. The molecule has 0 aromatic rings. The molecule has 0 atom stereocenters. The van der Waals surface area contributed by atoms with Crippen molar-refractivity contribution in [1.82, 2.24) is 0 Å². The molecule has 1 saturated carbocycles. The summed E-state index contributed by atoms with van der Waals surface area (Å²) in [7, 11) is 0. The third kappa shape index (κ3) is 3.13. The first-order chi connectivity index (χ1) is 4.46. The Morgan fingerprint density at radius 3 is 1.58 bits per heavy atom. The smallest absolute Gasteiger partial charge is 0.329 e. The minimum absolute atomic E-state index is 0. The number of rotatable bonds is 0. The van der Waals surface area contributed by atoms with E-state index in [-0.39, 0.29) is 56.3 Å². The molecule has 12 heavy (non-hydrogen) atoms. The van der Waals surface area contributed by atoms with E-state index in [1.165, 1.54) is 0 Å². The molecule has 1 aliphatic carbocycles. The van der Waals surface area contributed by atoms with Crippen LogP contribution in [0, 0.1) is 12.3 Å². The van der Waals surface area contributed by atoms with Crippen LogP contribution in [-0.4, -0.2) is 6.18 Å². The number of hydrogen-bond donors (Lipinski definition) is 0. The Morgan fingerprint density at radius 1 is 1.08 bits per heavy atom. The summed E-state index contributed by atoms with van der Waals surface area (Å²) in [5.41, 5.74) is -1.62. The molecule has 0 unspecified atom stereocenters. The summed E-state index contributed by atoms with van der Waals surface area (Å²) in [5.74, 6) is 0. The zero-order valence-electron chi connectivity index (χ0n) is 6.78. The predicted molar refractivity (Wildman–Crippen MR) is 47.7 cm³/mol. The molecular formula is C7H11F3IZn-. The van der Waals surface area contributed by atoms with E-state index in [0.29, 0.717) is 12.8 Å². The van der Waals surface area contributed by atoms with Crippen molar-refractivity contribution in [2.75, 3.05) is 0 Å². The maximum absolute atomic E-state index is 12.1. The first-order valence-electron chi connectivity index (χ1n) is 3.38. The van der Waals surface area contributed by atoms with E-state index in [1.54, 1.807) is 0 Å². The van der Waals surface area contributed by atoms with Gasteiger partial charge in [-0.1, -0.05) is 31.1 Å². The molecule has 5 heteroatoms. The molecule has 0 saturated heterocycles. The van der Waals surface area contributed by atoms with Gasteiger partial charge >= 0.3 is 6.18 Å². The van der Waals surface area contributed by atoms with Crippen molar-refractivity contribution in [3.05, 3.63) is 6.92 Å². The van der Waals surface area contributed by atoms with Crippen molar-refractivity contribution >= 4 is 24.0 Å². The summed E-state index contributed by atoms with van der Waals surface area (Å²) in [5, 5.41) is 0. The van der Waals surface area contributed by atoms with Gasteiger partial charge in [0, 0.05) is 19.5 Å². The molecular weight excluding hydrogens is 333 g/mol. The van der Waals surface area contributed by atoms with Gasteiger partial charge in [-0.15, -0.1) is 24.0 Å². The summed E-state index contributed by atoms with van der Waals surface area (Å²) < 4.78 is 36.2. The monoisotopic (exact) mass is 343 g/mol. The first-order valence-corrected chi connectivity index (χ1v) is 3.38. The van der Waals surface area contributed by atoms with Gasteiger partial charge < -0.3 is 6.92 Å². The van der Waals surface area contributed by atoms with Crippen molar-refractivity contribution in [1.29, 1.82) is 0 Å². The summed E-state index contributed by atoms with van der Waals surface area (Å²) in [6.45, 7) is 3.22. The molecule has 0 aliphatic heterocycles. The Kier molecular flexibility index (Phi) is 6.67. The second kappa shape index (κ2) is 5.13. The van der Waals surface area contributed by atoms with Gasteiger partial charge in [0.15, 0.2) is 0 Å². The molecule has 0 aromatic carbocycles. The predicted octanol–water partition coefficient (Wildman–Crippen LogP) is 3.56. The van der Waals surface area contributed by atoms with Crippen molar-refractivity contribution in [2.24, 2.45) is 5.41 Å². The number of hydrogen-bond acceptors (Lipinski definition) is 0. The number of halogens is 4. The van der Waals surface area contributed by atoms with Crippen molar-refractivity contribution in [3.63, 3.8) is 0 Å². The maximum Gasteiger partial charge on any atom is 0.368 e. The van der Waals surface area contributed by atoms with Crippen LogP contribution >= 0.6 is 24.0 Å². The third-order valence-corrected chi connectivity index (χ3v) is 2.16. The zero-order valence-corrected chi connectivity index (χ0v) is 12.1. The van der Waals surface area contributed by atoms with E-state index in [1.807, 2.05) is 0 Å². The second-order valence-corrected chi connectivity index (χ2v) is 2.99. The van der Waals surface area contributed by atoms with Crippen LogP contribution in [0.15, 0.2) is 0 Å². The van der Waals surface area contributed by atoms with Gasteiger partial charge in [-0.2, -0.15) is 13.2 Å². The Bertz CT molecular complexity index is 129. The molecule has 0 N–H and O–H groups in total. The Hall–Kier alpha value is 1.14. The quantitative estimate of drug-likeness (QED) is 0.358. The fourth-order valence-electron chi connectivity index (χ4n) is 1.34. The SMILES string of the molecule is I.[CH2-]C1(C(F)(F)F)CCCC1.[Zn]. The molecule has 0 amide bonds. The van der Waals surface area contributed by atoms with Crippen molar-refractivity contribution in [2.45, 2.75) is 31.9 Å². The Morgan fingerprint density at radius 2 is 1.42 bits per heavy atom. The largest absolute Gasteiger partial charge is 0.368 e. The van der Waals surface area contributed by atoms with Crippen LogP contribution in [0.4, 0.5) is 13.2 Å². The van der Waals surface area contributed by atoms with Gasteiger partial charge in [0.05, 0.1) is 0 Å². The molecule has 0 radical (unpaired) electrons. The van der Waals surface area contributed by atoms with Crippen LogP contribution in [0.5, 0.6) is 0 Å². The van der Waals surface area contributed by atoms with Crippen LogP contribution in [0.2, 0.25) is 0 Å². The second-order valence-electron chi connectivity index (χ2n) is 2.99. The van der Waals surface area contributed by atoms with Gasteiger partial charge in [0.2, 0.25) is 0 Å². The van der Waals surface area contributed by atoms with E-state index >= 15 is 0 Å². The molecule has 1 aliphatic rings. The minimum atomic E-state index is -4.09. The fraction of sp³-hybridized carbons (Fsp3) is 0.857. The van der Waals surface area contributed by atoms with E-state index in [9.17, 15) is 13.2 Å². The van der Waals surface area contributed by atoms with E-state index in [2.05, 4.69) is 6.92 Å². The van der Waals surface area contributed by atoms with E-state index in [0.717, 1.165) is 0 Å². The van der Waals surface area contributed by atoms with Gasteiger partial charge in [-0.3, -0.25) is 0 Å².